The van der Waals surface area contributed by atoms with Crippen molar-refractivity contribution in [3.63, 3.8) is 0 Å². The summed E-state index contributed by atoms with van der Waals surface area (Å²) in [5.74, 6) is -2.61. The first-order valence-corrected chi connectivity index (χ1v) is 11.0. The van der Waals surface area contributed by atoms with Crippen LogP contribution in [0.4, 0.5) is 0 Å². The number of fused-ring (bicyclic) bond motifs is 1. The molecule has 0 bridgehead atoms. The zero-order chi connectivity index (χ0) is 23.0. The summed E-state index contributed by atoms with van der Waals surface area (Å²) in [6, 6.07) is 5.48. The molecule has 3 atom stereocenters. The van der Waals surface area contributed by atoms with E-state index in [1.54, 1.807) is 11.6 Å². The Kier molecular flexibility index (Phi) is 9.24. The third kappa shape index (κ3) is 6.66. The Morgan fingerprint density at radius 2 is 1.81 bits per heavy atom. The number of carbonyl (C=O) groups is 3. The minimum absolute atomic E-state index is 0.143. The number of carbonyl (C=O) groups excluding carboxylic acids is 3. The highest BCUT2D eigenvalue weighted by Gasteiger charge is 2.35. The Morgan fingerprint density at radius 3 is 2.42 bits per heavy atom. The van der Waals surface area contributed by atoms with Gasteiger partial charge in [-0.05, 0) is 54.7 Å². The van der Waals surface area contributed by atoms with Gasteiger partial charge in [0.1, 0.15) is 6.04 Å². The quantitative estimate of drug-likeness (QED) is 0.246. The van der Waals surface area contributed by atoms with Crippen molar-refractivity contribution in [1.29, 1.82) is 0 Å². The molecule has 0 heterocycles. The summed E-state index contributed by atoms with van der Waals surface area (Å²) >= 11 is 0. The predicted molar refractivity (Wildman–Crippen MR) is 119 cm³/mol. The van der Waals surface area contributed by atoms with Gasteiger partial charge in [0.25, 0.3) is 0 Å². The van der Waals surface area contributed by atoms with Crippen LogP contribution in [0.15, 0.2) is 30.9 Å². The highest BCUT2D eigenvalue weighted by atomic mass is 16.5. The van der Waals surface area contributed by atoms with E-state index in [1.165, 1.54) is 18.2 Å². The molecule has 0 saturated heterocycles. The van der Waals surface area contributed by atoms with Crippen molar-refractivity contribution in [2.75, 3.05) is 7.05 Å². The van der Waals surface area contributed by atoms with Gasteiger partial charge in [0.2, 0.25) is 17.7 Å². The molecule has 1 aliphatic carbocycles. The van der Waals surface area contributed by atoms with E-state index in [0.717, 1.165) is 24.8 Å². The van der Waals surface area contributed by atoms with E-state index >= 15 is 0 Å². The van der Waals surface area contributed by atoms with Crippen molar-refractivity contribution < 1.29 is 19.6 Å². The zero-order valence-corrected chi connectivity index (χ0v) is 18.7. The van der Waals surface area contributed by atoms with E-state index in [0.29, 0.717) is 12.8 Å². The number of hydrogen-bond donors (Lipinski definition) is 4. The van der Waals surface area contributed by atoms with Crippen LogP contribution < -0.4 is 16.1 Å². The van der Waals surface area contributed by atoms with Gasteiger partial charge in [0.15, 0.2) is 0 Å². The van der Waals surface area contributed by atoms with Crippen molar-refractivity contribution in [2.24, 2.45) is 17.8 Å². The molecule has 0 aliphatic heterocycles. The monoisotopic (exact) mass is 429 g/mol. The van der Waals surface area contributed by atoms with Crippen molar-refractivity contribution in [3.8, 4) is 0 Å². The van der Waals surface area contributed by atoms with Crippen LogP contribution in [-0.2, 0) is 33.6 Å². The number of likely N-dealkylation sites (N-methyl/N-ethyl adjacent to an activating group) is 1. The van der Waals surface area contributed by atoms with Crippen molar-refractivity contribution in [1.82, 2.24) is 16.1 Å². The third-order valence-corrected chi connectivity index (χ3v) is 5.90. The number of allylic oxidation sites excluding steroid dienone is 1. The maximum absolute atomic E-state index is 13.2. The largest absolute Gasteiger partial charge is 0.357 e. The Bertz CT molecular complexity index is 806. The van der Waals surface area contributed by atoms with E-state index < -0.39 is 23.8 Å². The van der Waals surface area contributed by atoms with Crippen LogP contribution >= 0.6 is 0 Å². The number of hydrogen-bond acceptors (Lipinski definition) is 4. The smallest absolute Gasteiger partial charge is 0.247 e. The minimum Gasteiger partial charge on any atom is -0.357 e. The van der Waals surface area contributed by atoms with Crippen LogP contribution in [0.1, 0.15) is 49.8 Å². The summed E-state index contributed by atoms with van der Waals surface area (Å²) in [6.45, 7) is 7.59. The lowest BCUT2D eigenvalue weighted by Crippen LogP contribution is -2.51. The molecule has 7 heteroatoms. The molecule has 2 rings (SSSR count). The molecule has 3 amide bonds. The van der Waals surface area contributed by atoms with Gasteiger partial charge in [-0.25, -0.2) is 5.48 Å². The topological polar surface area (TPSA) is 108 Å². The average Bonchev–Trinajstić information content (AvgIpc) is 3.22. The fraction of sp³-hybridized carbons (Fsp3) is 0.542. The first kappa shape index (κ1) is 24.6. The fourth-order valence-corrected chi connectivity index (χ4v) is 4.33. The van der Waals surface area contributed by atoms with Crippen LogP contribution in [-0.4, -0.2) is 36.0 Å². The summed E-state index contributed by atoms with van der Waals surface area (Å²) in [5, 5.41) is 14.6. The van der Waals surface area contributed by atoms with E-state index in [2.05, 4.69) is 29.3 Å². The average molecular weight is 430 g/mol. The minimum atomic E-state index is -0.768. The maximum Gasteiger partial charge on any atom is 0.247 e. The third-order valence-electron chi connectivity index (χ3n) is 5.90. The second kappa shape index (κ2) is 11.6. The standard InChI is InChI=1S/C24H35N3O4/c1-5-7-19(23(29)27-31)20(12-15(2)3)22(28)26-21(24(30)25-4)14-16-10-11-17-8-6-9-18(17)13-16/h5,10-11,13,15,19-21,31H,1,6-9,12,14H2,2-4H3,(H,25,30)(H,26,28)(H,27,29)/t19-,20+,21-/m0/s1. The number of aryl methyl sites for hydroxylation is 2. The molecule has 31 heavy (non-hydrogen) atoms. The number of benzene rings is 1. The van der Waals surface area contributed by atoms with Gasteiger partial charge in [-0.2, -0.15) is 0 Å². The second-order valence-corrected chi connectivity index (χ2v) is 8.68. The number of hydroxylamine groups is 1. The maximum atomic E-state index is 13.2. The molecular weight excluding hydrogens is 394 g/mol. The summed E-state index contributed by atoms with van der Waals surface area (Å²) in [7, 11) is 1.54. The number of rotatable bonds is 11. The van der Waals surface area contributed by atoms with E-state index in [9.17, 15) is 14.4 Å². The molecule has 1 aromatic carbocycles. The Morgan fingerprint density at radius 1 is 1.10 bits per heavy atom. The van der Waals surface area contributed by atoms with Gasteiger partial charge in [0, 0.05) is 13.5 Å². The van der Waals surface area contributed by atoms with Gasteiger partial charge in [-0.3, -0.25) is 19.6 Å². The van der Waals surface area contributed by atoms with E-state index in [1.807, 2.05) is 19.9 Å². The van der Waals surface area contributed by atoms with Crippen molar-refractivity contribution >= 4 is 17.7 Å². The fourth-order valence-electron chi connectivity index (χ4n) is 4.33. The van der Waals surface area contributed by atoms with Crippen LogP contribution in [0, 0.1) is 17.8 Å². The molecule has 170 valence electrons. The molecule has 7 nitrogen and oxygen atoms in total. The van der Waals surface area contributed by atoms with Crippen LogP contribution in [0.3, 0.4) is 0 Å². The SMILES string of the molecule is C=CC[C@H](C(=O)NO)[C@@H](CC(C)C)C(=O)N[C@@H](Cc1ccc2c(c1)CCC2)C(=O)NC. The lowest BCUT2D eigenvalue weighted by atomic mass is 9.82. The molecule has 0 aromatic heterocycles. The van der Waals surface area contributed by atoms with Gasteiger partial charge in [-0.15, -0.1) is 6.58 Å². The summed E-state index contributed by atoms with van der Waals surface area (Å²) in [6.07, 6.45) is 5.87. The lowest BCUT2D eigenvalue weighted by Gasteiger charge is -2.27. The number of amides is 3. The normalized spacial score (nSPS) is 15.5. The Hall–Kier alpha value is -2.67. The van der Waals surface area contributed by atoms with Gasteiger partial charge < -0.3 is 10.6 Å². The Labute approximate surface area is 184 Å². The highest BCUT2D eigenvalue weighted by molar-refractivity contribution is 5.91. The van der Waals surface area contributed by atoms with E-state index in [4.69, 9.17) is 5.21 Å². The molecule has 1 aliphatic rings. The first-order chi connectivity index (χ1) is 14.8. The van der Waals surface area contributed by atoms with Gasteiger partial charge >= 0.3 is 0 Å². The molecule has 1 aromatic rings. The van der Waals surface area contributed by atoms with Gasteiger partial charge in [0.05, 0.1) is 11.8 Å². The molecule has 0 saturated carbocycles. The highest BCUT2D eigenvalue weighted by Crippen LogP contribution is 2.26. The molecule has 0 radical (unpaired) electrons. The summed E-state index contributed by atoms with van der Waals surface area (Å²) < 4.78 is 0. The molecule has 4 N–H and O–H groups in total. The predicted octanol–water partition coefficient (Wildman–Crippen LogP) is 2.31. The molecule has 0 unspecified atom stereocenters. The second-order valence-electron chi connectivity index (χ2n) is 8.68. The van der Waals surface area contributed by atoms with Crippen LogP contribution in [0.5, 0.6) is 0 Å². The lowest BCUT2D eigenvalue weighted by molar-refractivity contribution is -0.141. The van der Waals surface area contributed by atoms with Crippen molar-refractivity contribution in [3.05, 3.63) is 47.5 Å². The summed E-state index contributed by atoms with van der Waals surface area (Å²) in [5.41, 5.74) is 5.31. The Balaban J connectivity index is 2.23. The summed E-state index contributed by atoms with van der Waals surface area (Å²) in [4.78, 5) is 38.0. The van der Waals surface area contributed by atoms with Crippen LogP contribution in [0.25, 0.3) is 0 Å². The zero-order valence-electron chi connectivity index (χ0n) is 18.7. The molecule has 0 fully saturated rings. The first-order valence-electron chi connectivity index (χ1n) is 11.0. The van der Waals surface area contributed by atoms with Crippen molar-refractivity contribution in [2.45, 2.75) is 58.4 Å². The van der Waals surface area contributed by atoms with Gasteiger partial charge in [-0.1, -0.05) is 38.1 Å². The molecule has 0 spiro atoms. The van der Waals surface area contributed by atoms with Crippen LogP contribution in [0.2, 0.25) is 0 Å². The molecular formula is C24H35N3O4. The number of nitrogens with one attached hydrogen (secondary N) is 3. The van der Waals surface area contributed by atoms with E-state index in [-0.39, 0.29) is 24.2 Å².